The number of benzene rings is 2. The van der Waals surface area contributed by atoms with Crippen molar-refractivity contribution in [2.45, 2.75) is 19.8 Å². The minimum Gasteiger partial charge on any atom is -0.493 e. The van der Waals surface area contributed by atoms with Crippen LogP contribution in [0.1, 0.15) is 33.5 Å². The van der Waals surface area contributed by atoms with Crippen LogP contribution >= 0.6 is 0 Å². The molecule has 4 heteroatoms. The number of hydrogen-bond donors (Lipinski definition) is 1. The molecular formula is C17H16FNO2. The second-order valence-electron chi connectivity index (χ2n) is 5.28. The van der Waals surface area contributed by atoms with Crippen molar-refractivity contribution in [1.82, 2.24) is 0 Å². The summed E-state index contributed by atoms with van der Waals surface area (Å²) in [5.41, 5.74) is 8.21. The predicted molar refractivity (Wildman–Crippen MR) is 79.2 cm³/mol. The Labute approximate surface area is 122 Å². The zero-order chi connectivity index (χ0) is 15.0. The van der Waals surface area contributed by atoms with Crippen molar-refractivity contribution in [1.29, 1.82) is 0 Å². The lowest BCUT2D eigenvalue weighted by molar-refractivity contribution is 0.103. The fourth-order valence-corrected chi connectivity index (χ4v) is 2.50. The Bertz CT molecular complexity index is 702. The van der Waals surface area contributed by atoms with E-state index in [4.69, 9.17) is 10.5 Å². The van der Waals surface area contributed by atoms with E-state index in [1.807, 2.05) is 6.07 Å². The highest BCUT2D eigenvalue weighted by Gasteiger charge is 2.16. The molecule has 0 aromatic heterocycles. The van der Waals surface area contributed by atoms with E-state index in [0.717, 1.165) is 24.2 Å². The monoisotopic (exact) mass is 285 g/mol. The summed E-state index contributed by atoms with van der Waals surface area (Å²) in [6, 6.07) is 8.10. The number of ether oxygens (including phenoxy) is 1. The highest BCUT2D eigenvalue weighted by molar-refractivity contribution is 6.09. The van der Waals surface area contributed by atoms with Gasteiger partial charge in [-0.25, -0.2) is 4.39 Å². The van der Waals surface area contributed by atoms with Crippen LogP contribution in [0.3, 0.4) is 0 Å². The van der Waals surface area contributed by atoms with Crippen LogP contribution in [0.4, 0.5) is 10.1 Å². The van der Waals surface area contributed by atoms with Crippen molar-refractivity contribution in [2.75, 3.05) is 12.3 Å². The molecule has 3 nitrogen and oxygen atoms in total. The first-order valence-corrected chi connectivity index (χ1v) is 6.92. The lowest BCUT2D eigenvalue weighted by Gasteiger charge is -2.17. The first-order chi connectivity index (χ1) is 10.1. The van der Waals surface area contributed by atoms with Gasteiger partial charge in [-0.15, -0.1) is 0 Å². The number of fused-ring (bicyclic) bond motifs is 1. The third-order valence-electron chi connectivity index (χ3n) is 3.82. The standard InChI is InChI=1S/C17H16FNO2/c1-10-14(18)8-13(9-15(10)19)17(20)12-4-5-16-11(7-12)3-2-6-21-16/h4-5,7-9H,2-3,6,19H2,1H3. The van der Waals surface area contributed by atoms with Gasteiger partial charge in [0.05, 0.1) is 6.61 Å². The summed E-state index contributed by atoms with van der Waals surface area (Å²) < 4.78 is 19.3. The number of aryl methyl sites for hydroxylation is 1. The van der Waals surface area contributed by atoms with E-state index < -0.39 is 5.82 Å². The van der Waals surface area contributed by atoms with Crippen molar-refractivity contribution >= 4 is 11.5 Å². The van der Waals surface area contributed by atoms with Crippen molar-refractivity contribution in [2.24, 2.45) is 0 Å². The van der Waals surface area contributed by atoms with Crippen LogP contribution in [0.2, 0.25) is 0 Å². The fraction of sp³-hybridized carbons (Fsp3) is 0.235. The largest absolute Gasteiger partial charge is 0.493 e. The molecule has 1 aliphatic rings. The number of hydrogen-bond acceptors (Lipinski definition) is 3. The van der Waals surface area contributed by atoms with Gasteiger partial charge in [0.25, 0.3) is 0 Å². The molecule has 2 aromatic carbocycles. The van der Waals surface area contributed by atoms with Crippen LogP contribution in [0.25, 0.3) is 0 Å². The van der Waals surface area contributed by atoms with Gasteiger partial charge >= 0.3 is 0 Å². The molecule has 0 spiro atoms. The van der Waals surface area contributed by atoms with Gasteiger partial charge in [-0.05, 0) is 55.7 Å². The molecule has 1 heterocycles. The Balaban J connectivity index is 1.99. The zero-order valence-electron chi connectivity index (χ0n) is 11.8. The molecule has 0 atom stereocenters. The van der Waals surface area contributed by atoms with Gasteiger partial charge in [0.1, 0.15) is 11.6 Å². The average molecular weight is 285 g/mol. The van der Waals surface area contributed by atoms with Crippen LogP contribution in [0.15, 0.2) is 30.3 Å². The van der Waals surface area contributed by atoms with Crippen LogP contribution in [0, 0.1) is 12.7 Å². The zero-order valence-corrected chi connectivity index (χ0v) is 11.8. The van der Waals surface area contributed by atoms with E-state index in [2.05, 4.69) is 0 Å². The third kappa shape index (κ3) is 2.49. The normalized spacial score (nSPS) is 13.4. The van der Waals surface area contributed by atoms with E-state index in [0.29, 0.717) is 23.4 Å². The van der Waals surface area contributed by atoms with Gasteiger partial charge in [0.2, 0.25) is 0 Å². The molecule has 0 saturated carbocycles. The van der Waals surface area contributed by atoms with Crippen molar-refractivity contribution in [3.05, 3.63) is 58.4 Å². The predicted octanol–water partition coefficient (Wildman–Crippen LogP) is 3.27. The van der Waals surface area contributed by atoms with Crippen LogP contribution < -0.4 is 10.5 Å². The topological polar surface area (TPSA) is 52.3 Å². The minimum absolute atomic E-state index is 0.228. The molecule has 2 N–H and O–H groups in total. The molecule has 108 valence electrons. The molecule has 21 heavy (non-hydrogen) atoms. The van der Waals surface area contributed by atoms with Gasteiger partial charge in [-0.2, -0.15) is 0 Å². The molecule has 0 unspecified atom stereocenters. The van der Waals surface area contributed by atoms with Gasteiger partial charge < -0.3 is 10.5 Å². The minimum atomic E-state index is -0.459. The number of carbonyl (C=O) groups is 1. The van der Waals surface area contributed by atoms with Crippen LogP contribution in [0.5, 0.6) is 5.75 Å². The van der Waals surface area contributed by atoms with E-state index in [1.54, 1.807) is 19.1 Å². The molecule has 0 fully saturated rings. The number of halogens is 1. The maximum Gasteiger partial charge on any atom is 0.193 e. The first kappa shape index (κ1) is 13.6. The van der Waals surface area contributed by atoms with Gasteiger partial charge in [-0.3, -0.25) is 4.79 Å². The molecular weight excluding hydrogens is 269 g/mol. The number of rotatable bonds is 2. The Hall–Kier alpha value is -2.36. The molecule has 0 aliphatic carbocycles. The Kier molecular flexibility index (Phi) is 3.37. The first-order valence-electron chi connectivity index (χ1n) is 6.92. The van der Waals surface area contributed by atoms with Crippen LogP contribution in [-0.4, -0.2) is 12.4 Å². The Morgan fingerprint density at radius 2 is 2.05 bits per heavy atom. The van der Waals surface area contributed by atoms with Crippen molar-refractivity contribution < 1.29 is 13.9 Å². The number of ketones is 1. The fourth-order valence-electron chi connectivity index (χ4n) is 2.50. The quantitative estimate of drug-likeness (QED) is 0.680. The summed E-state index contributed by atoms with van der Waals surface area (Å²) in [5.74, 6) is 0.140. The molecule has 1 aliphatic heterocycles. The average Bonchev–Trinajstić information content (AvgIpc) is 2.51. The maximum absolute atomic E-state index is 13.7. The summed E-state index contributed by atoms with van der Waals surface area (Å²) in [6.45, 7) is 2.30. The second kappa shape index (κ2) is 5.20. The van der Waals surface area contributed by atoms with E-state index in [-0.39, 0.29) is 11.3 Å². The molecule has 0 radical (unpaired) electrons. The molecule has 3 rings (SSSR count). The molecule has 0 amide bonds. The van der Waals surface area contributed by atoms with E-state index >= 15 is 0 Å². The maximum atomic E-state index is 13.7. The number of carbonyl (C=O) groups excluding carboxylic acids is 1. The Morgan fingerprint density at radius 3 is 2.81 bits per heavy atom. The lowest BCUT2D eigenvalue weighted by Crippen LogP contribution is -2.10. The molecule has 0 saturated heterocycles. The smallest absolute Gasteiger partial charge is 0.193 e. The SMILES string of the molecule is Cc1c(N)cc(C(=O)c2ccc3c(c2)CCCO3)cc1F. The van der Waals surface area contributed by atoms with E-state index in [1.165, 1.54) is 12.1 Å². The summed E-state index contributed by atoms with van der Waals surface area (Å²) in [5, 5.41) is 0. The van der Waals surface area contributed by atoms with E-state index in [9.17, 15) is 9.18 Å². The van der Waals surface area contributed by atoms with Gasteiger partial charge in [0.15, 0.2) is 5.78 Å². The highest BCUT2D eigenvalue weighted by atomic mass is 19.1. The summed E-state index contributed by atoms with van der Waals surface area (Å²) in [6.07, 6.45) is 1.83. The second-order valence-corrected chi connectivity index (χ2v) is 5.28. The van der Waals surface area contributed by atoms with Crippen molar-refractivity contribution in [3.8, 4) is 5.75 Å². The highest BCUT2D eigenvalue weighted by Crippen LogP contribution is 2.27. The number of nitrogen functional groups attached to an aromatic ring is 1. The number of anilines is 1. The van der Waals surface area contributed by atoms with Gasteiger partial charge in [-0.1, -0.05) is 0 Å². The van der Waals surface area contributed by atoms with Gasteiger partial charge in [0, 0.05) is 22.4 Å². The third-order valence-corrected chi connectivity index (χ3v) is 3.82. The summed E-state index contributed by atoms with van der Waals surface area (Å²) in [7, 11) is 0. The molecule has 0 bridgehead atoms. The lowest BCUT2D eigenvalue weighted by atomic mass is 9.97. The summed E-state index contributed by atoms with van der Waals surface area (Å²) in [4.78, 5) is 12.5. The number of nitrogens with two attached hydrogens (primary N) is 1. The summed E-state index contributed by atoms with van der Waals surface area (Å²) >= 11 is 0. The van der Waals surface area contributed by atoms with Crippen molar-refractivity contribution in [3.63, 3.8) is 0 Å². The molecule has 2 aromatic rings. The van der Waals surface area contributed by atoms with Crippen LogP contribution in [-0.2, 0) is 6.42 Å². The Morgan fingerprint density at radius 1 is 1.24 bits per heavy atom.